The molecule has 0 bridgehead atoms. The molecule has 1 saturated heterocycles. The molecule has 5 aliphatic rings. The van der Waals surface area contributed by atoms with Crippen LogP contribution in [0.3, 0.4) is 0 Å². The highest BCUT2D eigenvalue weighted by Crippen LogP contribution is 2.66. The normalized spacial score (nSPS) is 50.4. The average Bonchev–Trinajstić information content (AvgIpc) is 3.34. The van der Waals surface area contributed by atoms with Crippen molar-refractivity contribution in [2.45, 2.75) is 90.8 Å². The van der Waals surface area contributed by atoms with Crippen molar-refractivity contribution in [1.29, 1.82) is 0 Å². The maximum atomic E-state index is 12.7. The summed E-state index contributed by atoms with van der Waals surface area (Å²) in [5.74, 6) is 2.67. The van der Waals surface area contributed by atoms with Crippen LogP contribution >= 0.6 is 12.4 Å². The van der Waals surface area contributed by atoms with E-state index in [0.29, 0.717) is 29.5 Å². The van der Waals surface area contributed by atoms with Crippen molar-refractivity contribution < 1.29 is 14.7 Å². The van der Waals surface area contributed by atoms with E-state index in [2.05, 4.69) is 31.2 Å². The largest absolute Gasteiger partial charge is 0.393 e. The van der Waals surface area contributed by atoms with E-state index in [9.17, 15) is 9.90 Å². The predicted molar refractivity (Wildman–Crippen MR) is 124 cm³/mol. The predicted octanol–water partition coefficient (Wildman–Crippen LogP) is 4.36. The van der Waals surface area contributed by atoms with Gasteiger partial charge in [-0.25, -0.2) is 0 Å². The number of ketones is 1. The van der Waals surface area contributed by atoms with E-state index in [1.165, 1.54) is 5.71 Å². The highest BCUT2D eigenvalue weighted by atomic mass is 35.5. The van der Waals surface area contributed by atoms with Crippen LogP contribution in [0.25, 0.3) is 0 Å². The fourth-order valence-electron chi connectivity index (χ4n) is 8.65. The maximum Gasteiger partial charge on any atom is 0.141 e. The summed E-state index contributed by atoms with van der Waals surface area (Å²) >= 11 is 0. The molecule has 0 aromatic heterocycles. The highest BCUT2D eigenvalue weighted by molar-refractivity contribution is 5.88. The van der Waals surface area contributed by atoms with E-state index >= 15 is 0 Å². The van der Waals surface area contributed by atoms with Gasteiger partial charge in [0.2, 0.25) is 0 Å². The minimum absolute atomic E-state index is 0. The van der Waals surface area contributed by atoms with Crippen LogP contribution in [0.2, 0.25) is 0 Å². The molecule has 1 heterocycles. The molecule has 0 radical (unpaired) electrons. The molecule has 9 atom stereocenters. The number of halogens is 1. The molecule has 4 aliphatic carbocycles. The maximum absolute atomic E-state index is 12.7. The molecule has 5 nitrogen and oxygen atoms in total. The van der Waals surface area contributed by atoms with E-state index < -0.39 is 0 Å². The molecule has 0 aromatic carbocycles. The number of hydrogen-bond donors (Lipinski definition) is 2. The van der Waals surface area contributed by atoms with E-state index in [0.717, 1.165) is 70.9 Å². The number of Topliss-reactive ketones (excluding diaryl/α,β-unsaturated/α-hetero) is 1. The van der Waals surface area contributed by atoms with E-state index in [4.69, 9.17) is 4.84 Å². The van der Waals surface area contributed by atoms with Crippen LogP contribution in [0.1, 0.15) is 78.6 Å². The molecule has 176 valence electrons. The van der Waals surface area contributed by atoms with Crippen molar-refractivity contribution in [3.8, 4) is 0 Å². The molecule has 0 spiro atoms. The SMILES string of the molecule is CC[C@H]1/C(=N/O[C@@H]2CCNC2)CC[C@@]2(C)C1[C@@H](O)C[C@@H]1[C@@H]2CC[C@]2(C)C(=O)CC[C@@H]12.Cl. The van der Waals surface area contributed by atoms with Crippen molar-refractivity contribution in [3.63, 3.8) is 0 Å². The third-order valence-corrected chi connectivity index (χ3v) is 10.2. The molecule has 5 fully saturated rings. The van der Waals surface area contributed by atoms with E-state index in [-0.39, 0.29) is 41.4 Å². The Bertz CT molecular complexity index is 724. The standard InChI is InChI=1S/C25H40N2O3.ClH/c1-4-16-20(27-30-15-9-12-26-14-15)8-11-25(3)19-7-10-24(2)18(5-6-22(24)29)17(19)13-21(28)23(16)25;/h15-19,21,23,26,28H,4-14H2,1-3H3;1H/b27-20+;/t15-,16+,17+,18+,19+,21+,23?,24+,25-;/m1./s1. The number of carbonyl (C=O) groups excluding carboxylic acids is 1. The van der Waals surface area contributed by atoms with Gasteiger partial charge in [-0.05, 0) is 80.6 Å². The monoisotopic (exact) mass is 452 g/mol. The fraction of sp³-hybridized carbons (Fsp3) is 0.920. The first-order chi connectivity index (χ1) is 14.4. The zero-order chi connectivity index (χ0) is 21.1. The van der Waals surface area contributed by atoms with Gasteiger partial charge in [0.15, 0.2) is 0 Å². The zero-order valence-corrected chi connectivity index (χ0v) is 20.3. The van der Waals surface area contributed by atoms with Gasteiger partial charge in [-0.3, -0.25) is 4.79 Å². The van der Waals surface area contributed by atoms with Crippen molar-refractivity contribution in [3.05, 3.63) is 0 Å². The summed E-state index contributed by atoms with van der Waals surface area (Å²) in [6, 6.07) is 0. The average molecular weight is 453 g/mol. The lowest BCUT2D eigenvalue weighted by molar-refractivity contribution is -0.161. The van der Waals surface area contributed by atoms with Crippen molar-refractivity contribution >= 4 is 23.9 Å². The van der Waals surface area contributed by atoms with E-state index in [1.54, 1.807) is 0 Å². The second-order valence-corrected chi connectivity index (χ2v) is 11.4. The minimum Gasteiger partial charge on any atom is -0.393 e. The number of carbonyl (C=O) groups is 1. The first-order valence-corrected chi connectivity index (χ1v) is 12.5. The highest BCUT2D eigenvalue weighted by Gasteiger charge is 2.63. The Labute approximate surface area is 193 Å². The number of nitrogens with one attached hydrogen (secondary N) is 1. The molecular formula is C25H41ClN2O3. The number of oxime groups is 1. The van der Waals surface area contributed by atoms with Crippen molar-refractivity contribution in [2.24, 2.45) is 45.6 Å². The second kappa shape index (κ2) is 8.61. The Kier molecular flexibility index (Phi) is 6.53. The molecule has 0 aromatic rings. The number of rotatable bonds is 3. The summed E-state index contributed by atoms with van der Waals surface area (Å²) in [6.07, 6.45) is 8.88. The van der Waals surface area contributed by atoms with Crippen LogP contribution in [-0.2, 0) is 9.63 Å². The third-order valence-electron chi connectivity index (χ3n) is 10.2. The number of hydrogen-bond acceptors (Lipinski definition) is 5. The van der Waals surface area contributed by atoms with Crippen LogP contribution in [0.4, 0.5) is 0 Å². The smallest absolute Gasteiger partial charge is 0.141 e. The van der Waals surface area contributed by atoms with Gasteiger partial charge < -0.3 is 15.3 Å². The summed E-state index contributed by atoms with van der Waals surface area (Å²) in [7, 11) is 0. The topological polar surface area (TPSA) is 70.9 Å². The van der Waals surface area contributed by atoms with Crippen LogP contribution in [0, 0.1) is 40.4 Å². The van der Waals surface area contributed by atoms with E-state index in [1.807, 2.05) is 0 Å². The van der Waals surface area contributed by atoms with Gasteiger partial charge in [0, 0.05) is 30.7 Å². The first-order valence-electron chi connectivity index (χ1n) is 12.5. The Balaban J connectivity index is 0.00000231. The number of aliphatic hydroxyl groups is 1. The van der Waals surface area contributed by atoms with Crippen LogP contribution in [0.15, 0.2) is 5.16 Å². The van der Waals surface area contributed by atoms with Gasteiger partial charge in [0.1, 0.15) is 11.9 Å². The summed E-state index contributed by atoms with van der Waals surface area (Å²) in [6.45, 7) is 8.82. The van der Waals surface area contributed by atoms with Gasteiger partial charge in [0.05, 0.1) is 11.8 Å². The molecule has 31 heavy (non-hydrogen) atoms. The Hall–Kier alpha value is -0.650. The van der Waals surface area contributed by atoms with Crippen LogP contribution in [0.5, 0.6) is 0 Å². The Morgan fingerprint density at radius 1 is 1.16 bits per heavy atom. The lowest BCUT2D eigenvalue weighted by atomic mass is 9.43. The number of fused-ring (bicyclic) bond motifs is 5. The Morgan fingerprint density at radius 2 is 1.97 bits per heavy atom. The molecular weight excluding hydrogens is 412 g/mol. The molecule has 4 saturated carbocycles. The molecule has 1 unspecified atom stereocenters. The lowest BCUT2D eigenvalue weighted by Crippen LogP contribution is -2.60. The second-order valence-electron chi connectivity index (χ2n) is 11.4. The van der Waals surface area contributed by atoms with Crippen LogP contribution in [-0.4, -0.2) is 41.9 Å². The Morgan fingerprint density at radius 3 is 2.68 bits per heavy atom. The number of nitrogens with zero attached hydrogens (tertiary/aromatic N) is 1. The van der Waals surface area contributed by atoms with Gasteiger partial charge >= 0.3 is 0 Å². The van der Waals surface area contributed by atoms with Crippen molar-refractivity contribution in [1.82, 2.24) is 5.32 Å². The molecule has 1 aliphatic heterocycles. The summed E-state index contributed by atoms with van der Waals surface area (Å²) in [5, 5.41) is 19.5. The fourth-order valence-corrected chi connectivity index (χ4v) is 8.65. The summed E-state index contributed by atoms with van der Waals surface area (Å²) in [5.41, 5.74) is 1.20. The van der Waals surface area contributed by atoms with Gasteiger partial charge in [-0.15, -0.1) is 12.4 Å². The van der Waals surface area contributed by atoms with Gasteiger partial charge in [-0.2, -0.15) is 0 Å². The molecule has 5 rings (SSSR count). The number of aliphatic hydroxyl groups excluding tert-OH is 1. The third kappa shape index (κ3) is 3.58. The quantitative estimate of drug-likeness (QED) is 0.624. The summed E-state index contributed by atoms with van der Waals surface area (Å²) < 4.78 is 0. The minimum atomic E-state index is -0.294. The molecule has 6 heteroatoms. The molecule has 0 amide bonds. The van der Waals surface area contributed by atoms with Gasteiger partial charge in [-0.1, -0.05) is 25.9 Å². The lowest BCUT2D eigenvalue weighted by Gasteiger charge is -2.62. The van der Waals surface area contributed by atoms with Crippen molar-refractivity contribution in [2.75, 3.05) is 13.1 Å². The van der Waals surface area contributed by atoms with Crippen LogP contribution < -0.4 is 5.32 Å². The molecule has 2 N–H and O–H groups in total. The summed E-state index contributed by atoms with van der Waals surface area (Å²) in [4.78, 5) is 18.6. The van der Waals surface area contributed by atoms with Gasteiger partial charge in [0.25, 0.3) is 0 Å². The zero-order valence-electron chi connectivity index (χ0n) is 19.4. The first kappa shape index (κ1) is 23.5.